The highest BCUT2D eigenvalue weighted by Gasteiger charge is 2.27. The predicted octanol–water partition coefficient (Wildman–Crippen LogP) is 3.80. The topological polar surface area (TPSA) is 64.6 Å². The molecule has 0 bridgehead atoms. The summed E-state index contributed by atoms with van der Waals surface area (Å²) in [6.07, 6.45) is 0.747. The smallest absolute Gasteiger partial charge is 0.328 e. The molecule has 132 valence electrons. The van der Waals surface area contributed by atoms with Gasteiger partial charge in [0.05, 0.1) is 7.11 Å². The lowest BCUT2D eigenvalue weighted by atomic mass is 9.99. The van der Waals surface area contributed by atoms with Crippen molar-refractivity contribution in [2.75, 3.05) is 7.11 Å². The van der Waals surface area contributed by atoms with Crippen LogP contribution in [0, 0.1) is 5.92 Å². The summed E-state index contributed by atoms with van der Waals surface area (Å²) in [5.74, 6) is 0.429. The van der Waals surface area contributed by atoms with Gasteiger partial charge in [0.2, 0.25) is 0 Å². The number of carbonyl (C=O) groups is 2. The molecule has 2 rings (SSSR count). The lowest BCUT2D eigenvalue weighted by Crippen LogP contribution is -2.45. The lowest BCUT2D eigenvalue weighted by Gasteiger charge is -2.22. The van der Waals surface area contributed by atoms with Crippen molar-refractivity contribution < 1.29 is 19.1 Å². The van der Waals surface area contributed by atoms with E-state index in [0.29, 0.717) is 17.1 Å². The van der Waals surface area contributed by atoms with E-state index in [9.17, 15) is 9.59 Å². The summed E-state index contributed by atoms with van der Waals surface area (Å²) < 4.78 is 10.5. The van der Waals surface area contributed by atoms with Gasteiger partial charge in [0, 0.05) is 5.56 Å². The number of ether oxygens (including phenoxy) is 2. The third-order valence-corrected chi connectivity index (χ3v) is 4.03. The first-order valence-electron chi connectivity index (χ1n) is 8.26. The Hall–Kier alpha value is -2.82. The van der Waals surface area contributed by atoms with Crippen molar-refractivity contribution in [2.45, 2.75) is 26.3 Å². The second kappa shape index (κ2) is 8.87. The van der Waals surface area contributed by atoms with Crippen LogP contribution in [0.3, 0.4) is 0 Å². The standard InChI is InChI=1S/C20H23NO4/c1-4-14(2)18(20(23)24-3)21-19(22)15-9-8-12-17(13-15)25-16-10-6-5-7-11-16/h5-14,18H,4H2,1-3H3,(H,21,22)/t14-,18-/m0/s1. The molecule has 5 nitrogen and oxygen atoms in total. The number of hydrogen-bond acceptors (Lipinski definition) is 4. The maximum absolute atomic E-state index is 12.5. The minimum atomic E-state index is -0.679. The SMILES string of the molecule is CC[C@H](C)[C@H](NC(=O)c1cccc(Oc2ccccc2)c1)C(=O)OC. The van der Waals surface area contributed by atoms with Crippen LogP contribution in [0.25, 0.3) is 0 Å². The van der Waals surface area contributed by atoms with E-state index >= 15 is 0 Å². The molecule has 0 fully saturated rings. The van der Waals surface area contributed by atoms with Crippen LogP contribution in [0.15, 0.2) is 54.6 Å². The van der Waals surface area contributed by atoms with Gasteiger partial charge in [0.25, 0.3) is 5.91 Å². The molecule has 0 saturated heterocycles. The molecule has 0 unspecified atom stereocenters. The summed E-state index contributed by atoms with van der Waals surface area (Å²) in [6.45, 7) is 3.86. The van der Waals surface area contributed by atoms with Crippen molar-refractivity contribution in [1.82, 2.24) is 5.32 Å². The van der Waals surface area contributed by atoms with Gasteiger partial charge in [-0.2, -0.15) is 0 Å². The zero-order valence-corrected chi connectivity index (χ0v) is 14.7. The molecule has 0 aliphatic carbocycles. The first-order chi connectivity index (χ1) is 12.0. The molecule has 0 aliphatic rings. The Kier molecular flexibility index (Phi) is 6.57. The van der Waals surface area contributed by atoms with Crippen molar-refractivity contribution in [1.29, 1.82) is 0 Å². The summed E-state index contributed by atoms with van der Waals surface area (Å²) in [7, 11) is 1.32. The van der Waals surface area contributed by atoms with E-state index in [1.807, 2.05) is 44.2 Å². The molecule has 2 aromatic carbocycles. The largest absolute Gasteiger partial charge is 0.467 e. The average molecular weight is 341 g/mol. The second-order valence-corrected chi connectivity index (χ2v) is 5.80. The zero-order valence-electron chi connectivity index (χ0n) is 14.7. The number of rotatable bonds is 7. The molecule has 1 amide bonds. The Labute approximate surface area is 148 Å². The van der Waals surface area contributed by atoms with Gasteiger partial charge in [0.15, 0.2) is 0 Å². The Morgan fingerprint density at radius 3 is 2.36 bits per heavy atom. The number of nitrogens with one attached hydrogen (secondary N) is 1. The van der Waals surface area contributed by atoms with Gasteiger partial charge >= 0.3 is 5.97 Å². The number of hydrogen-bond donors (Lipinski definition) is 1. The van der Waals surface area contributed by atoms with Crippen molar-refractivity contribution in [3.8, 4) is 11.5 Å². The maximum Gasteiger partial charge on any atom is 0.328 e. The van der Waals surface area contributed by atoms with Crippen LogP contribution in [0.1, 0.15) is 30.6 Å². The highest BCUT2D eigenvalue weighted by atomic mass is 16.5. The molecule has 0 aromatic heterocycles. The summed E-state index contributed by atoms with van der Waals surface area (Å²) in [5.41, 5.74) is 0.422. The quantitative estimate of drug-likeness (QED) is 0.778. The molecule has 0 spiro atoms. The second-order valence-electron chi connectivity index (χ2n) is 5.80. The van der Waals surface area contributed by atoms with E-state index < -0.39 is 12.0 Å². The molecule has 0 aliphatic heterocycles. The van der Waals surface area contributed by atoms with Gasteiger partial charge in [-0.3, -0.25) is 4.79 Å². The Bertz CT molecular complexity index is 715. The third-order valence-electron chi connectivity index (χ3n) is 4.03. The molecule has 0 heterocycles. The molecule has 5 heteroatoms. The van der Waals surface area contributed by atoms with Crippen molar-refractivity contribution in [3.63, 3.8) is 0 Å². The number of para-hydroxylation sites is 1. The van der Waals surface area contributed by atoms with Gasteiger partial charge in [-0.1, -0.05) is 44.5 Å². The number of amides is 1. The van der Waals surface area contributed by atoms with E-state index in [1.165, 1.54) is 7.11 Å². The van der Waals surface area contributed by atoms with Crippen LogP contribution in [0.2, 0.25) is 0 Å². The Balaban J connectivity index is 2.13. The number of carbonyl (C=O) groups excluding carboxylic acids is 2. The molecule has 0 saturated carbocycles. The van der Waals surface area contributed by atoms with Crippen molar-refractivity contribution in [2.24, 2.45) is 5.92 Å². The van der Waals surface area contributed by atoms with Gasteiger partial charge in [-0.15, -0.1) is 0 Å². The van der Waals surface area contributed by atoms with Crippen LogP contribution in [-0.2, 0) is 9.53 Å². The highest BCUT2D eigenvalue weighted by Crippen LogP contribution is 2.22. The number of esters is 1. The van der Waals surface area contributed by atoms with Crippen LogP contribution in [0.4, 0.5) is 0 Å². The van der Waals surface area contributed by atoms with Crippen LogP contribution < -0.4 is 10.1 Å². The third kappa shape index (κ3) is 5.08. The van der Waals surface area contributed by atoms with E-state index in [1.54, 1.807) is 24.3 Å². The first kappa shape index (κ1) is 18.5. The normalized spacial score (nSPS) is 12.8. The van der Waals surface area contributed by atoms with E-state index in [4.69, 9.17) is 9.47 Å². The number of methoxy groups -OCH3 is 1. The zero-order chi connectivity index (χ0) is 18.2. The maximum atomic E-state index is 12.5. The van der Waals surface area contributed by atoms with Crippen molar-refractivity contribution >= 4 is 11.9 Å². The fraction of sp³-hybridized carbons (Fsp3) is 0.300. The van der Waals surface area contributed by atoms with Gasteiger partial charge in [-0.05, 0) is 36.2 Å². The fourth-order valence-corrected chi connectivity index (χ4v) is 2.35. The van der Waals surface area contributed by atoms with Crippen LogP contribution in [-0.4, -0.2) is 25.0 Å². The predicted molar refractivity (Wildman–Crippen MR) is 95.7 cm³/mol. The number of benzene rings is 2. The highest BCUT2D eigenvalue weighted by molar-refractivity contribution is 5.97. The fourth-order valence-electron chi connectivity index (χ4n) is 2.35. The first-order valence-corrected chi connectivity index (χ1v) is 8.26. The van der Waals surface area contributed by atoms with Crippen molar-refractivity contribution in [3.05, 3.63) is 60.2 Å². The Morgan fingerprint density at radius 1 is 1.04 bits per heavy atom. The lowest BCUT2D eigenvalue weighted by molar-refractivity contribution is -0.144. The monoisotopic (exact) mass is 341 g/mol. The molecule has 25 heavy (non-hydrogen) atoms. The minimum absolute atomic E-state index is 0.0276. The van der Waals surface area contributed by atoms with Gasteiger partial charge < -0.3 is 14.8 Å². The van der Waals surface area contributed by atoms with Crippen LogP contribution >= 0.6 is 0 Å². The average Bonchev–Trinajstić information content (AvgIpc) is 2.65. The summed E-state index contributed by atoms with van der Waals surface area (Å²) in [6, 6.07) is 15.5. The van der Waals surface area contributed by atoms with Crippen LogP contribution in [0.5, 0.6) is 11.5 Å². The Morgan fingerprint density at radius 2 is 1.72 bits per heavy atom. The van der Waals surface area contributed by atoms with Gasteiger partial charge in [0.1, 0.15) is 17.5 Å². The molecule has 1 N–H and O–H groups in total. The molecule has 0 radical (unpaired) electrons. The molecule has 2 atom stereocenters. The summed E-state index contributed by atoms with van der Waals surface area (Å²) >= 11 is 0. The molecular formula is C20H23NO4. The minimum Gasteiger partial charge on any atom is -0.467 e. The summed E-state index contributed by atoms with van der Waals surface area (Å²) in [4.78, 5) is 24.5. The van der Waals surface area contributed by atoms with Gasteiger partial charge in [-0.25, -0.2) is 4.79 Å². The molecule has 2 aromatic rings. The summed E-state index contributed by atoms with van der Waals surface area (Å²) in [5, 5.41) is 2.76. The van der Waals surface area contributed by atoms with E-state index in [0.717, 1.165) is 6.42 Å². The van der Waals surface area contributed by atoms with E-state index in [-0.39, 0.29) is 11.8 Å². The van der Waals surface area contributed by atoms with E-state index in [2.05, 4.69) is 5.32 Å². The molecular weight excluding hydrogens is 318 g/mol.